The molecule has 0 bridgehead atoms. The van der Waals surface area contributed by atoms with Crippen LogP contribution in [0.1, 0.15) is 25.0 Å². The minimum Gasteiger partial charge on any atom is -0.469 e. The number of nitrogens with zero attached hydrogens (tertiary/aromatic N) is 3. The molecule has 2 aromatic heterocycles. The van der Waals surface area contributed by atoms with Crippen LogP contribution in [-0.2, 0) is 9.59 Å². The van der Waals surface area contributed by atoms with Crippen LogP contribution in [0.3, 0.4) is 0 Å². The third kappa shape index (κ3) is 3.45. The van der Waals surface area contributed by atoms with Crippen LogP contribution >= 0.6 is 11.8 Å². The van der Waals surface area contributed by atoms with E-state index in [0.29, 0.717) is 29.8 Å². The van der Waals surface area contributed by atoms with E-state index >= 15 is 0 Å². The molecule has 0 radical (unpaired) electrons. The molecule has 2 N–H and O–H groups in total. The van der Waals surface area contributed by atoms with E-state index in [9.17, 15) is 9.59 Å². The van der Waals surface area contributed by atoms with Crippen LogP contribution in [0.2, 0.25) is 0 Å². The van der Waals surface area contributed by atoms with Gasteiger partial charge in [0.25, 0.3) is 11.1 Å². The Kier molecular flexibility index (Phi) is 4.89. The fourth-order valence-electron chi connectivity index (χ4n) is 2.72. The molecule has 0 aromatic carbocycles. The maximum absolute atomic E-state index is 12.4. The van der Waals surface area contributed by atoms with Gasteiger partial charge in [-0.3, -0.25) is 9.59 Å². The highest BCUT2D eigenvalue weighted by Gasteiger charge is 2.30. The normalized spacial score (nSPS) is 17.9. The lowest BCUT2D eigenvalue weighted by Gasteiger charge is -2.33. The van der Waals surface area contributed by atoms with Gasteiger partial charge in [-0.15, -0.1) is 10.2 Å². The lowest BCUT2D eigenvalue weighted by atomic mass is 10.0. The molecule has 24 heavy (non-hydrogen) atoms. The molecule has 9 heteroatoms. The van der Waals surface area contributed by atoms with Gasteiger partial charge in [0.1, 0.15) is 11.8 Å². The highest BCUT2D eigenvalue weighted by atomic mass is 32.2. The third-order valence-corrected chi connectivity index (χ3v) is 4.77. The van der Waals surface area contributed by atoms with Gasteiger partial charge in [0, 0.05) is 6.54 Å². The molecular formula is C15H18N4O4S. The fraction of sp³-hybridized carbons (Fsp3) is 0.467. The minimum absolute atomic E-state index is 0.121. The predicted octanol–water partition coefficient (Wildman–Crippen LogP) is 1.60. The number of hydrogen-bond donors (Lipinski definition) is 1. The first-order valence-electron chi connectivity index (χ1n) is 7.66. The molecule has 2 aromatic rings. The van der Waals surface area contributed by atoms with Crippen LogP contribution in [0, 0.1) is 6.92 Å². The number of nitrogens with two attached hydrogens (primary N) is 1. The van der Waals surface area contributed by atoms with E-state index in [0.717, 1.165) is 30.2 Å². The molecule has 0 spiro atoms. The summed E-state index contributed by atoms with van der Waals surface area (Å²) in [6.07, 6.45) is 3.95. The Morgan fingerprint density at radius 1 is 1.42 bits per heavy atom. The largest absolute Gasteiger partial charge is 0.469 e. The van der Waals surface area contributed by atoms with Crippen molar-refractivity contribution in [2.75, 3.05) is 12.3 Å². The second kappa shape index (κ2) is 7.08. The summed E-state index contributed by atoms with van der Waals surface area (Å²) >= 11 is 1.15. The predicted molar refractivity (Wildman–Crippen MR) is 86.0 cm³/mol. The number of carbonyl (C=O) groups is 2. The van der Waals surface area contributed by atoms with Gasteiger partial charge in [0.15, 0.2) is 0 Å². The SMILES string of the molecule is Cc1occc1-c1nnc(SCC(=O)N2CCCC[C@H]2C(N)=O)o1. The first kappa shape index (κ1) is 16.6. The average Bonchev–Trinajstić information content (AvgIpc) is 3.21. The quantitative estimate of drug-likeness (QED) is 0.814. The number of furan rings is 1. The summed E-state index contributed by atoms with van der Waals surface area (Å²) in [6, 6.07) is 1.23. The number of aromatic nitrogens is 2. The van der Waals surface area contributed by atoms with Gasteiger partial charge in [-0.1, -0.05) is 11.8 Å². The second-order valence-corrected chi connectivity index (χ2v) is 6.48. The standard InChI is InChI=1S/C15H18N4O4S/c1-9-10(5-7-22-9)14-17-18-15(23-14)24-8-12(20)19-6-3-2-4-11(19)13(16)21/h5,7,11H,2-4,6,8H2,1H3,(H2,16,21)/t11-/m0/s1. The van der Waals surface area contributed by atoms with Crippen LogP contribution in [0.25, 0.3) is 11.5 Å². The van der Waals surface area contributed by atoms with Gasteiger partial charge in [-0.25, -0.2) is 0 Å². The zero-order valence-electron chi connectivity index (χ0n) is 13.2. The van der Waals surface area contributed by atoms with Crippen LogP contribution in [0.4, 0.5) is 0 Å². The monoisotopic (exact) mass is 350 g/mol. The van der Waals surface area contributed by atoms with E-state index in [-0.39, 0.29) is 11.7 Å². The molecule has 1 aliphatic heterocycles. The Morgan fingerprint density at radius 2 is 2.25 bits per heavy atom. The summed E-state index contributed by atoms with van der Waals surface area (Å²) in [7, 11) is 0. The van der Waals surface area contributed by atoms with E-state index in [1.165, 1.54) is 0 Å². The van der Waals surface area contributed by atoms with Gasteiger partial charge in [-0.2, -0.15) is 0 Å². The maximum Gasteiger partial charge on any atom is 0.277 e. The first-order chi connectivity index (χ1) is 11.6. The summed E-state index contributed by atoms with van der Waals surface area (Å²) in [4.78, 5) is 25.4. The van der Waals surface area contributed by atoms with Crippen molar-refractivity contribution < 1.29 is 18.4 Å². The van der Waals surface area contributed by atoms with E-state index in [1.54, 1.807) is 24.2 Å². The molecule has 8 nitrogen and oxygen atoms in total. The van der Waals surface area contributed by atoms with Crippen molar-refractivity contribution >= 4 is 23.6 Å². The van der Waals surface area contributed by atoms with Gasteiger partial charge in [-0.05, 0) is 32.3 Å². The highest BCUT2D eigenvalue weighted by Crippen LogP contribution is 2.27. The first-order valence-corrected chi connectivity index (χ1v) is 8.64. The molecule has 1 saturated heterocycles. The Labute approximate surface area is 142 Å². The molecule has 1 atom stereocenters. The molecular weight excluding hydrogens is 332 g/mol. The Morgan fingerprint density at radius 3 is 2.96 bits per heavy atom. The molecule has 0 saturated carbocycles. The zero-order chi connectivity index (χ0) is 17.1. The maximum atomic E-state index is 12.4. The number of hydrogen-bond acceptors (Lipinski definition) is 7. The van der Waals surface area contributed by atoms with E-state index < -0.39 is 11.9 Å². The van der Waals surface area contributed by atoms with Crippen LogP contribution in [0.5, 0.6) is 0 Å². The van der Waals surface area contributed by atoms with Crippen molar-refractivity contribution in [3.8, 4) is 11.5 Å². The van der Waals surface area contributed by atoms with Crippen molar-refractivity contribution in [2.24, 2.45) is 5.73 Å². The van der Waals surface area contributed by atoms with E-state index in [1.807, 2.05) is 0 Å². The Bertz CT molecular complexity index is 741. The van der Waals surface area contributed by atoms with E-state index in [4.69, 9.17) is 14.6 Å². The topological polar surface area (TPSA) is 115 Å². The van der Waals surface area contributed by atoms with E-state index in [2.05, 4.69) is 10.2 Å². The molecule has 3 rings (SSSR count). The smallest absolute Gasteiger partial charge is 0.277 e. The van der Waals surface area contributed by atoms with Crippen molar-refractivity contribution in [2.45, 2.75) is 37.5 Å². The summed E-state index contributed by atoms with van der Waals surface area (Å²) in [5.74, 6) is 0.551. The van der Waals surface area contributed by atoms with Gasteiger partial charge < -0.3 is 19.5 Å². The number of thioether (sulfide) groups is 1. The molecule has 2 amide bonds. The highest BCUT2D eigenvalue weighted by molar-refractivity contribution is 7.99. The Hall–Kier alpha value is -2.29. The van der Waals surface area contributed by atoms with Crippen molar-refractivity contribution in [3.05, 3.63) is 18.1 Å². The summed E-state index contributed by atoms with van der Waals surface area (Å²) < 4.78 is 10.7. The molecule has 0 aliphatic carbocycles. The van der Waals surface area contributed by atoms with Crippen LogP contribution < -0.4 is 5.73 Å². The number of primary amides is 1. The van der Waals surface area contributed by atoms with Gasteiger partial charge >= 0.3 is 0 Å². The molecule has 3 heterocycles. The summed E-state index contributed by atoms with van der Waals surface area (Å²) in [6.45, 7) is 2.35. The number of likely N-dealkylation sites (tertiary alicyclic amines) is 1. The van der Waals surface area contributed by atoms with Crippen molar-refractivity contribution in [3.63, 3.8) is 0 Å². The zero-order valence-corrected chi connectivity index (χ0v) is 14.0. The number of rotatable bonds is 5. The summed E-state index contributed by atoms with van der Waals surface area (Å²) in [5.41, 5.74) is 6.11. The average molecular weight is 350 g/mol. The summed E-state index contributed by atoms with van der Waals surface area (Å²) in [5, 5.41) is 8.18. The number of carbonyl (C=O) groups excluding carboxylic acids is 2. The number of amides is 2. The second-order valence-electron chi connectivity index (χ2n) is 5.55. The fourth-order valence-corrected chi connectivity index (χ4v) is 3.37. The van der Waals surface area contributed by atoms with Gasteiger partial charge in [0.2, 0.25) is 11.8 Å². The molecule has 1 aliphatic rings. The Balaban J connectivity index is 1.61. The number of piperidine rings is 1. The van der Waals surface area contributed by atoms with Crippen molar-refractivity contribution in [1.82, 2.24) is 15.1 Å². The molecule has 0 unspecified atom stereocenters. The lowest BCUT2D eigenvalue weighted by Crippen LogP contribution is -2.51. The van der Waals surface area contributed by atoms with Gasteiger partial charge in [0.05, 0.1) is 17.6 Å². The van der Waals surface area contributed by atoms with Crippen LogP contribution in [0.15, 0.2) is 26.4 Å². The molecule has 128 valence electrons. The number of aryl methyl sites for hydroxylation is 1. The van der Waals surface area contributed by atoms with Crippen molar-refractivity contribution in [1.29, 1.82) is 0 Å². The lowest BCUT2D eigenvalue weighted by molar-refractivity contribution is -0.138. The molecule has 1 fully saturated rings. The minimum atomic E-state index is -0.515. The van der Waals surface area contributed by atoms with Crippen LogP contribution in [-0.4, -0.2) is 45.3 Å². The third-order valence-electron chi connectivity index (χ3n) is 3.97.